The fourth-order valence-electron chi connectivity index (χ4n) is 1.82. The zero-order valence-corrected chi connectivity index (χ0v) is 11.0. The van der Waals surface area contributed by atoms with Gasteiger partial charge in [-0.15, -0.1) is 15.7 Å². The van der Waals surface area contributed by atoms with Gasteiger partial charge in [0.15, 0.2) is 0 Å². The van der Waals surface area contributed by atoms with Crippen LogP contribution in [0.2, 0.25) is 0 Å². The van der Waals surface area contributed by atoms with E-state index in [9.17, 15) is 8.42 Å². The fraction of sp³-hybridized carbons (Fsp3) is 0.0833. The molecule has 0 radical (unpaired) electrons. The minimum Gasteiger partial charge on any atom is -0.342 e. The topological polar surface area (TPSA) is 58.5 Å². The van der Waals surface area contributed by atoms with Gasteiger partial charge in [0.2, 0.25) is 0 Å². The summed E-state index contributed by atoms with van der Waals surface area (Å²) in [7, 11) is -3.56. The van der Waals surface area contributed by atoms with Gasteiger partial charge in [0.05, 0.1) is 5.69 Å². The molecule has 0 aliphatic carbocycles. The minimum atomic E-state index is -3.56. The Balaban J connectivity index is 1.99. The Morgan fingerprint density at radius 1 is 1.17 bits per heavy atom. The van der Waals surface area contributed by atoms with Crippen molar-refractivity contribution in [2.24, 2.45) is 4.40 Å². The van der Waals surface area contributed by atoms with E-state index in [2.05, 4.69) is 9.71 Å². The Morgan fingerprint density at radius 2 is 2.00 bits per heavy atom. The summed E-state index contributed by atoms with van der Waals surface area (Å²) in [6.45, 7) is 0. The molecule has 18 heavy (non-hydrogen) atoms. The summed E-state index contributed by atoms with van der Waals surface area (Å²) in [6, 6.07) is 10.7. The Kier molecular flexibility index (Phi) is 2.68. The zero-order chi connectivity index (χ0) is 12.6. The van der Waals surface area contributed by atoms with Crippen LogP contribution in [0.1, 0.15) is 4.88 Å². The highest BCUT2D eigenvalue weighted by Crippen LogP contribution is 2.27. The second-order valence-electron chi connectivity index (χ2n) is 3.89. The van der Waals surface area contributed by atoms with Crippen LogP contribution in [-0.2, 0) is 16.4 Å². The van der Waals surface area contributed by atoms with E-state index in [4.69, 9.17) is 0 Å². The van der Waals surface area contributed by atoms with Crippen molar-refractivity contribution >= 4 is 32.9 Å². The first kappa shape index (κ1) is 11.4. The number of nitrogens with one attached hydrogen (secondary N) is 1. The summed E-state index contributed by atoms with van der Waals surface area (Å²) in [4.78, 5) is 1.32. The number of para-hydroxylation sites is 1. The van der Waals surface area contributed by atoms with E-state index in [-0.39, 0.29) is 4.90 Å². The number of amidine groups is 1. The quantitative estimate of drug-likeness (QED) is 0.918. The largest absolute Gasteiger partial charge is 0.342 e. The van der Waals surface area contributed by atoms with E-state index in [1.807, 2.05) is 17.5 Å². The first-order valence-corrected chi connectivity index (χ1v) is 7.69. The van der Waals surface area contributed by atoms with Crippen molar-refractivity contribution in [3.63, 3.8) is 0 Å². The van der Waals surface area contributed by atoms with Crippen LogP contribution < -0.4 is 5.32 Å². The third-order valence-electron chi connectivity index (χ3n) is 2.60. The minimum absolute atomic E-state index is 0.236. The van der Waals surface area contributed by atoms with Crippen LogP contribution in [0.15, 0.2) is 51.1 Å². The average molecular weight is 278 g/mol. The highest BCUT2D eigenvalue weighted by Gasteiger charge is 2.24. The van der Waals surface area contributed by atoms with Gasteiger partial charge in [0.25, 0.3) is 10.0 Å². The Hall–Kier alpha value is -1.66. The van der Waals surface area contributed by atoms with Crippen LogP contribution in [-0.4, -0.2) is 14.3 Å². The van der Waals surface area contributed by atoms with Gasteiger partial charge in [-0.25, -0.2) is 0 Å². The summed E-state index contributed by atoms with van der Waals surface area (Å²) in [6.07, 6.45) is 0.505. The number of thiophene rings is 1. The maximum absolute atomic E-state index is 12.0. The molecule has 0 spiro atoms. The van der Waals surface area contributed by atoms with Crippen molar-refractivity contribution in [2.45, 2.75) is 11.3 Å². The normalized spacial score (nSPS) is 16.6. The summed E-state index contributed by atoms with van der Waals surface area (Å²) in [5.41, 5.74) is 0.596. The SMILES string of the molecule is O=S1(=O)N=C(Cc2cccs2)Nc2ccccc21. The van der Waals surface area contributed by atoms with Gasteiger partial charge in [0, 0.05) is 11.3 Å². The number of hydrogen-bond acceptors (Lipinski definition) is 4. The summed E-state index contributed by atoms with van der Waals surface area (Å²) in [5, 5.41) is 5.03. The smallest absolute Gasteiger partial charge is 0.286 e. The van der Waals surface area contributed by atoms with Gasteiger partial charge in [-0.2, -0.15) is 8.42 Å². The number of anilines is 1. The molecule has 3 rings (SSSR count). The van der Waals surface area contributed by atoms with Crippen molar-refractivity contribution in [1.82, 2.24) is 0 Å². The number of sulfonamides is 1. The van der Waals surface area contributed by atoms with E-state index in [1.54, 1.807) is 35.6 Å². The molecule has 92 valence electrons. The van der Waals surface area contributed by atoms with Gasteiger partial charge in [-0.1, -0.05) is 18.2 Å². The van der Waals surface area contributed by atoms with Gasteiger partial charge in [-0.3, -0.25) is 0 Å². The predicted molar refractivity (Wildman–Crippen MR) is 72.7 cm³/mol. The molecule has 0 bridgehead atoms. The lowest BCUT2D eigenvalue weighted by molar-refractivity contribution is 0.597. The lowest BCUT2D eigenvalue weighted by Crippen LogP contribution is -2.22. The van der Waals surface area contributed by atoms with Crippen LogP contribution in [0.3, 0.4) is 0 Å². The van der Waals surface area contributed by atoms with Crippen molar-refractivity contribution in [2.75, 3.05) is 5.32 Å². The molecule has 0 amide bonds. The zero-order valence-electron chi connectivity index (χ0n) is 9.33. The third kappa shape index (κ3) is 2.04. The Bertz CT molecular complexity index is 703. The molecular weight excluding hydrogens is 268 g/mol. The van der Waals surface area contributed by atoms with E-state index >= 15 is 0 Å². The van der Waals surface area contributed by atoms with Crippen molar-refractivity contribution in [1.29, 1.82) is 0 Å². The molecule has 1 N–H and O–H groups in total. The van der Waals surface area contributed by atoms with Gasteiger partial charge in [0.1, 0.15) is 10.7 Å². The number of hydrogen-bond donors (Lipinski definition) is 1. The van der Waals surface area contributed by atoms with Crippen molar-refractivity contribution < 1.29 is 8.42 Å². The molecule has 2 aromatic rings. The maximum atomic E-state index is 12.0. The molecule has 0 saturated heterocycles. The van der Waals surface area contributed by atoms with E-state index < -0.39 is 10.0 Å². The van der Waals surface area contributed by atoms with Gasteiger partial charge >= 0.3 is 0 Å². The summed E-state index contributed by atoms with van der Waals surface area (Å²) in [5.74, 6) is 0.469. The van der Waals surface area contributed by atoms with Crippen LogP contribution in [0.4, 0.5) is 5.69 Å². The number of benzene rings is 1. The second-order valence-corrected chi connectivity index (χ2v) is 6.50. The first-order chi connectivity index (χ1) is 8.65. The van der Waals surface area contributed by atoms with Crippen molar-refractivity contribution in [3.05, 3.63) is 46.7 Å². The van der Waals surface area contributed by atoms with E-state index in [0.717, 1.165) is 4.88 Å². The monoisotopic (exact) mass is 278 g/mol. The van der Waals surface area contributed by atoms with Crippen LogP contribution in [0.25, 0.3) is 0 Å². The molecule has 4 nitrogen and oxygen atoms in total. The lowest BCUT2D eigenvalue weighted by Gasteiger charge is -2.17. The molecule has 0 fully saturated rings. The van der Waals surface area contributed by atoms with E-state index in [0.29, 0.717) is 17.9 Å². The third-order valence-corrected chi connectivity index (χ3v) is 4.85. The fourth-order valence-corrected chi connectivity index (χ4v) is 3.68. The van der Waals surface area contributed by atoms with Crippen LogP contribution >= 0.6 is 11.3 Å². The van der Waals surface area contributed by atoms with E-state index in [1.165, 1.54) is 0 Å². The molecule has 1 aromatic heterocycles. The first-order valence-electron chi connectivity index (χ1n) is 5.37. The number of fused-ring (bicyclic) bond motifs is 1. The number of rotatable bonds is 2. The average Bonchev–Trinajstić information content (AvgIpc) is 2.81. The lowest BCUT2D eigenvalue weighted by atomic mass is 10.3. The molecule has 0 unspecified atom stereocenters. The molecule has 6 heteroatoms. The molecule has 1 aliphatic rings. The Labute approximate surface area is 109 Å². The van der Waals surface area contributed by atoms with Crippen LogP contribution in [0, 0.1) is 0 Å². The van der Waals surface area contributed by atoms with Gasteiger partial charge < -0.3 is 5.32 Å². The summed E-state index contributed by atoms with van der Waals surface area (Å²) >= 11 is 1.58. The highest BCUT2D eigenvalue weighted by molar-refractivity contribution is 7.90. The maximum Gasteiger partial charge on any atom is 0.286 e. The molecule has 0 atom stereocenters. The standard InChI is InChI=1S/C12H10N2O2S2/c15-18(16)11-6-2-1-5-10(11)13-12(14-18)8-9-4-3-7-17-9/h1-7H,8H2,(H,13,14). The van der Waals surface area contributed by atoms with Crippen LogP contribution in [0.5, 0.6) is 0 Å². The summed E-state index contributed by atoms with van der Waals surface area (Å²) < 4.78 is 27.8. The molecule has 0 saturated carbocycles. The predicted octanol–water partition coefficient (Wildman–Crippen LogP) is 2.50. The number of nitrogens with zero attached hydrogens (tertiary/aromatic N) is 1. The molecule has 1 aliphatic heterocycles. The second kappa shape index (κ2) is 4.22. The molecule has 1 aromatic carbocycles. The highest BCUT2D eigenvalue weighted by atomic mass is 32.2. The molecular formula is C12H10N2O2S2. The molecule has 2 heterocycles. The van der Waals surface area contributed by atoms with Gasteiger partial charge in [-0.05, 0) is 23.6 Å². The Morgan fingerprint density at radius 3 is 2.78 bits per heavy atom. The van der Waals surface area contributed by atoms with Crippen molar-refractivity contribution in [3.8, 4) is 0 Å².